The van der Waals surface area contributed by atoms with Crippen LogP contribution in [0.3, 0.4) is 0 Å². The number of benzene rings is 1. The van der Waals surface area contributed by atoms with Crippen LogP contribution in [0.15, 0.2) is 24.3 Å². The summed E-state index contributed by atoms with van der Waals surface area (Å²) in [6.07, 6.45) is 1.12. The summed E-state index contributed by atoms with van der Waals surface area (Å²) in [5, 5.41) is 4.41. The lowest BCUT2D eigenvalue weighted by Gasteiger charge is -2.27. The standard InChI is InChI=1S/C16H21FN4O3S/c1-24-15-4-3-12(16(17)8-15)10-20-5-6-21-14(11-20)7-13(19-21)9-18-25(2,22)23/h3-4,7-8,18H,5-6,9-11H2,1-2H3. The van der Waals surface area contributed by atoms with Gasteiger partial charge in [-0.25, -0.2) is 17.5 Å². The molecule has 0 saturated heterocycles. The van der Waals surface area contributed by atoms with Crippen LogP contribution in [0.25, 0.3) is 0 Å². The molecule has 1 aromatic carbocycles. The first-order valence-corrected chi connectivity index (χ1v) is 9.78. The second-order valence-corrected chi connectivity index (χ2v) is 7.94. The van der Waals surface area contributed by atoms with Crippen LogP contribution in [0.5, 0.6) is 5.75 Å². The Balaban J connectivity index is 1.66. The third-order valence-electron chi connectivity index (χ3n) is 4.10. The van der Waals surface area contributed by atoms with E-state index in [1.165, 1.54) is 13.2 Å². The van der Waals surface area contributed by atoms with Crippen molar-refractivity contribution >= 4 is 10.0 Å². The van der Waals surface area contributed by atoms with E-state index in [2.05, 4.69) is 14.7 Å². The smallest absolute Gasteiger partial charge is 0.209 e. The molecule has 9 heteroatoms. The number of sulfonamides is 1. The van der Waals surface area contributed by atoms with Gasteiger partial charge in [-0.15, -0.1) is 0 Å². The van der Waals surface area contributed by atoms with Crippen molar-refractivity contribution in [2.24, 2.45) is 0 Å². The van der Waals surface area contributed by atoms with E-state index in [1.54, 1.807) is 12.1 Å². The Kier molecular flexibility index (Phi) is 5.07. The molecule has 0 saturated carbocycles. The molecule has 1 aromatic heterocycles. The van der Waals surface area contributed by atoms with Crippen molar-refractivity contribution < 1.29 is 17.5 Å². The van der Waals surface area contributed by atoms with Gasteiger partial charge in [-0.1, -0.05) is 6.07 Å². The Labute approximate surface area is 146 Å². The van der Waals surface area contributed by atoms with E-state index in [4.69, 9.17) is 4.74 Å². The maximum absolute atomic E-state index is 14.1. The summed E-state index contributed by atoms with van der Waals surface area (Å²) in [5.74, 6) is 0.220. The highest BCUT2D eigenvalue weighted by Gasteiger charge is 2.20. The number of ether oxygens (including phenoxy) is 1. The minimum atomic E-state index is -3.25. The second kappa shape index (κ2) is 7.11. The van der Waals surface area contributed by atoms with Crippen LogP contribution in [-0.4, -0.2) is 43.0 Å². The van der Waals surface area contributed by atoms with Crippen LogP contribution in [0.4, 0.5) is 4.39 Å². The van der Waals surface area contributed by atoms with Crippen molar-refractivity contribution in [2.45, 2.75) is 26.2 Å². The third-order valence-corrected chi connectivity index (χ3v) is 4.77. The van der Waals surface area contributed by atoms with Crippen molar-refractivity contribution in [1.29, 1.82) is 0 Å². The molecule has 0 atom stereocenters. The number of hydrogen-bond donors (Lipinski definition) is 1. The molecule has 0 aliphatic carbocycles. The molecule has 0 amide bonds. The van der Waals surface area contributed by atoms with Crippen LogP contribution < -0.4 is 9.46 Å². The summed E-state index contributed by atoms with van der Waals surface area (Å²) in [7, 11) is -1.74. The fraction of sp³-hybridized carbons (Fsp3) is 0.438. The van der Waals surface area contributed by atoms with E-state index in [9.17, 15) is 12.8 Å². The van der Waals surface area contributed by atoms with Gasteiger partial charge < -0.3 is 4.74 Å². The Bertz CT molecular complexity index is 866. The second-order valence-electron chi connectivity index (χ2n) is 6.11. The van der Waals surface area contributed by atoms with Crippen molar-refractivity contribution in [2.75, 3.05) is 19.9 Å². The molecule has 0 fully saturated rings. The van der Waals surface area contributed by atoms with E-state index in [1.807, 2.05) is 10.7 Å². The lowest BCUT2D eigenvalue weighted by Crippen LogP contribution is -2.33. The van der Waals surface area contributed by atoms with Gasteiger partial charge in [0.25, 0.3) is 0 Å². The molecule has 0 radical (unpaired) electrons. The van der Waals surface area contributed by atoms with Crippen molar-refractivity contribution in [1.82, 2.24) is 19.4 Å². The first kappa shape index (κ1) is 17.8. The number of halogens is 1. The molecule has 25 heavy (non-hydrogen) atoms. The maximum Gasteiger partial charge on any atom is 0.209 e. The van der Waals surface area contributed by atoms with Crippen LogP contribution in [0.2, 0.25) is 0 Å². The average molecular weight is 368 g/mol. The number of aromatic nitrogens is 2. The normalized spacial score (nSPS) is 15.2. The molecule has 1 N–H and O–H groups in total. The van der Waals surface area contributed by atoms with Gasteiger partial charge in [0, 0.05) is 31.3 Å². The zero-order valence-corrected chi connectivity index (χ0v) is 15.0. The Morgan fingerprint density at radius 1 is 1.32 bits per heavy atom. The zero-order chi connectivity index (χ0) is 18.0. The fourth-order valence-electron chi connectivity index (χ4n) is 2.83. The summed E-state index contributed by atoms with van der Waals surface area (Å²) in [4.78, 5) is 2.13. The average Bonchev–Trinajstić information content (AvgIpc) is 2.96. The number of fused-ring (bicyclic) bond motifs is 1. The number of methoxy groups -OCH3 is 1. The maximum atomic E-state index is 14.1. The first-order valence-electron chi connectivity index (χ1n) is 7.89. The number of hydrogen-bond acceptors (Lipinski definition) is 5. The third kappa shape index (κ3) is 4.56. The minimum Gasteiger partial charge on any atom is -0.497 e. The molecular formula is C16H21FN4O3S. The van der Waals surface area contributed by atoms with E-state index < -0.39 is 10.0 Å². The molecular weight excluding hydrogens is 347 g/mol. The van der Waals surface area contributed by atoms with Crippen LogP contribution >= 0.6 is 0 Å². The molecule has 1 aliphatic heterocycles. The van der Waals surface area contributed by atoms with E-state index in [-0.39, 0.29) is 12.4 Å². The molecule has 0 spiro atoms. The van der Waals surface area contributed by atoms with Gasteiger partial charge in [0.1, 0.15) is 11.6 Å². The molecule has 3 rings (SSSR count). The Morgan fingerprint density at radius 3 is 2.80 bits per heavy atom. The van der Waals surface area contributed by atoms with Gasteiger partial charge >= 0.3 is 0 Å². The lowest BCUT2D eigenvalue weighted by molar-refractivity contribution is 0.202. The van der Waals surface area contributed by atoms with Crippen LogP contribution in [0, 0.1) is 5.82 Å². The van der Waals surface area contributed by atoms with Crippen LogP contribution in [-0.2, 0) is 36.2 Å². The largest absolute Gasteiger partial charge is 0.497 e. The quantitative estimate of drug-likeness (QED) is 0.826. The molecule has 2 heterocycles. The summed E-state index contributed by atoms with van der Waals surface area (Å²) < 4.78 is 45.8. The molecule has 0 unspecified atom stereocenters. The monoisotopic (exact) mass is 368 g/mol. The number of rotatable bonds is 6. The van der Waals surface area contributed by atoms with Gasteiger partial charge in [-0.05, 0) is 12.1 Å². The van der Waals surface area contributed by atoms with Crippen molar-refractivity contribution in [3.05, 3.63) is 47.0 Å². The number of nitrogens with one attached hydrogen (secondary N) is 1. The lowest BCUT2D eigenvalue weighted by atomic mass is 10.1. The topological polar surface area (TPSA) is 76.5 Å². The highest BCUT2D eigenvalue weighted by molar-refractivity contribution is 7.88. The van der Waals surface area contributed by atoms with Gasteiger partial charge in [0.2, 0.25) is 10.0 Å². The van der Waals surface area contributed by atoms with Crippen molar-refractivity contribution in [3.8, 4) is 5.75 Å². The predicted molar refractivity (Wildman–Crippen MR) is 91.0 cm³/mol. The molecule has 136 valence electrons. The highest BCUT2D eigenvalue weighted by Crippen LogP contribution is 2.20. The summed E-state index contributed by atoms with van der Waals surface area (Å²) in [6.45, 7) is 2.74. The molecule has 2 aromatic rings. The first-order chi connectivity index (χ1) is 11.8. The van der Waals surface area contributed by atoms with Gasteiger partial charge in [-0.3, -0.25) is 9.58 Å². The van der Waals surface area contributed by atoms with Crippen molar-refractivity contribution in [3.63, 3.8) is 0 Å². The summed E-state index contributed by atoms with van der Waals surface area (Å²) in [6, 6.07) is 6.76. The molecule has 0 bridgehead atoms. The Morgan fingerprint density at radius 2 is 2.12 bits per heavy atom. The van der Waals surface area contributed by atoms with E-state index >= 15 is 0 Å². The molecule has 7 nitrogen and oxygen atoms in total. The van der Waals surface area contributed by atoms with E-state index in [0.717, 1.165) is 18.5 Å². The Hall–Kier alpha value is -1.97. The van der Waals surface area contributed by atoms with Gasteiger partial charge in [0.05, 0.1) is 37.8 Å². The highest BCUT2D eigenvalue weighted by atomic mass is 32.2. The summed E-state index contributed by atoms with van der Waals surface area (Å²) >= 11 is 0. The van der Waals surface area contributed by atoms with Gasteiger partial charge in [-0.2, -0.15) is 5.10 Å². The summed E-state index contributed by atoms with van der Waals surface area (Å²) in [5.41, 5.74) is 2.29. The molecule has 1 aliphatic rings. The number of nitrogens with zero attached hydrogens (tertiary/aromatic N) is 3. The predicted octanol–water partition coefficient (Wildman–Crippen LogP) is 1.10. The van der Waals surface area contributed by atoms with Gasteiger partial charge in [0.15, 0.2) is 0 Å². The van der Waals surface area contributed by atoms with E-state index in [0.29, 0.717) is 36.6 Å². The van der Waals surface area contributed by atoms with Crippen LogP contribution in [0.1, 0.15) is 17.0 Å². The fourth-order valence-corrected chi connectivity index (χ4v) is 3.24. The zero-order valence-electron chi connectivity index (χ0n) is 14.2. The SMILES string of the molecule is COc1ccc(CN2CCn3nc(CNS(C)(=O)=O)cc3C2)c(F)c1. The minimum absolute atomic E-state index is 0.173.